The van der Waals surface area contributed by atoms with Crippen LogP contribution in [0, 0.1) is 0 Å². The van der Waals surface area contributed by atoms with E-state index in [1.54, 1.807) is 10.9 Å². The number of amides is 1. The van der Waals surface area contributed by atoms with E-state index in [0.717, 1.165) is 38.8 Å². The van der Waals surface area contributed by atoms with Crippen molar-refractivity contribution in [3.8, 4) is 0 Å². The Kier molecular flexibility index (Phi) is 4.45. The van der Waals surface area contributed by atoms with Crippen LogP contribution >= 0.6 is 0 Å². The van der Waals surface area contributed by atoms with E-state index in [4.69, 9.17) is 5.73 Å². The number of aromatic nitrogens is 2. The van der Waals surface area contributed by atoms with Crippen molar-refractivity contribution >= 4 is 11.6 Å². The van der Waals surface area contributed by atoms with Gasteiger partial charge in [0, 0.05) is 25.3 Å². The van der Waals surface area contributed by atoms with Gasteiger partial charge in [-0.3, -0.25) is 9.48 Å². The second-order valence-electron chi connectivity index (χ2n) is 5.23. The molecular formula is C14H24N4O. The van der Waals surface area contributed by atoms with Crippen LogP contribution in [0.25, 0.3) is 0 Å². The number of aryl methyl sites for hydroxylation is 1. The van der Waals surface area contributed by atoms with Crippen LogP contribution in [0.4, 0.5) is 5.69 Å². The fourth-order valence-electron chi connectivity index (χ4n) is 2.80. The summed E-state index contributed by atoms with van der Waals surface area (Å²) >= 11 is 0. The van der Waals surface area contributed by atoms with E-state index in [9.17, 15) is 4.79 Å². The van der Waals surface area contributed by atoms with Crippen LogP contribution in [0.15, 0.2) is 6.20 Å². The van der Waals surface area contributed by atoms with Gasteiger partial charge in [0.1, 0.15) is 0 Å². The molecule has 1 saturated heterocycles. The second-order valence-corrected chi connectivity index (χ2v) is 5.23. The third-order valence-electron chi connectivity index (χ3n) is 3.83. The summed E-state index contributed by atoms with van der Waals surface area (Å²) in [5.74, 6) is 0.00264. The fraction of sp³-hybridized carbons (Fsp3) is 0.714. The van der Waals surface area contributed by atoms with Crippen molar-refractivity contribution in [3.05, 3.63) is 11.9 Å². The Morgan fingerprint density at radius 3 is 2.89 bits per heavy atom. The molecular weight excluding hydrogens is 240 g/mol. The number of piperidine rings is 1. The van der Waals surface area contributed by atoms with Crippen molar-refractivity contribution in [1.82, 2.24) is 14.7 Å². The summed E-state index contributed by atoms with van der Waals surface area (Å²) in [5, 5.41) is 4.30. The first-order valence-corrected chi connectivity index (χ1v) is 7.31. The van der Waals surface area contributed by atoms with Crippen molar-refractivity contribution < 1.29 is 4.79 Å². The lowest BCUT2D eigenvalue weighted by Gasteiger charge is -2.35. The Labute approximate surface area is 114 Å². The molecule has 2 N–H and O–H groups in total. The monoisotopic (exact) mass is 264 g/mol. The Morgan fingerprint density at radius 2 is 2.26 bits per heavy atom. The number of nitrogens with two attached hydrogens (primary N) is 1. The van der Waals surface area contributed by atoms with Gasteiger partial charge in [-0.2, -0.15) is 5.10 Å². The highest BCUT2D eigenvalue weighted by molar-refractivity contribution is 5.97. The lowest BCUT2D eigenvalue weighted by Crippen LogP contribution is -2.44. The number of anilines is 1. The summed E-state index contributed by atoms with van der Waals surface area (Å²) in [6.07, 6.45) is 7.32. The van der Waals surface area contributed by atoms with E-state index in [2.05, 4.69) is 12.0 Å². The summed E-state index contributed by atoms with van der Waals surface area (Å²) in [6, 6.07) is 0.359. The van der Waals surface area contributed by atoms with Gasteiger partial charge in [-0.15, -0.1) is 0 Å². The van der Waals surface area contributed by atoms with E-state index in [1.807, 2.05) is 11.8 Å². The van der Waals surface area contributed by atoms with Gasteiger partial charge in [0.15, 0.2) is 5.69 Å². The van der Waals surface area contributed by atoms with Crippen LogP contribution in [0.1, 0.15) is 56.4 Å². The van der Waals surface area contributed by atoms with E-state index in [-0.39, 0.29) is 5.91 Å². The highest BCUT2D eigenvalue weighted by Gasteiger charge is 2.29. The number of hydrogen-bond acceptors (Lipinski definition) is 3. The molecule has 1 aromatic heterocycles. The zero-order valence-corrected chi connectivity index (χ0v) is 11.9. The predicted octanol–water partition coefficient (Wildman–Crippen LogP) is 2.28. The molecule has 1 aliphatic heterocycles. The number of rotatable bonds is 4. The summed E-state index contributed by atoms with van der Waals surface area (Å²) in [6.45, 7) is 5.72. The van der Waals surface area contributed by atoms with E-state index >= 15 is 0 Å². The van der Waals surface area contributed by atoms with Crippen LogP contribution in [0.2, 0.25) is 0 Å². The van der Waals surface area contributed by atoms with Crippen LogP contribution in [0.3, 0.4) is 0 Å². The third-order valence-corrected chi connectivity index (χ3v) is 3.83. The van der Waals surface area contributed by atoms with Crippen molar-refractivity contribution in [2.24, 2.45) is 0 Å². The van der Waals surface area contributed by atoms with Crippen molar-refractivity contribution in [3.63, 3.8) is 0 Å². The number of carbonyl (C=O) groups is 1. The topological polar surface area (TPSA) is 64.2 Å². The van der Waals surface area contributed by atoms with Crippen LogP contribution < -0.4 is 5.73 Å². The van der Waals surface area contributed by atoms with Gasteiger partial charge in [0.2, 0.25) is 0 Å². The maximum Gasteiger partial charge on any atom is 0.276 e. The molecule has 106 valence electrons. The molecule has 1 fully saturated rings. The molecule has 2 heterocycles. The number of nitrogens with zero attached hydrogens (tertiary/aromatic N) is 3. The van der Waals surface area contributed by atoms with Gasteiger partial charge in [0.05, 0.1) is 5.69 Å². The smallest absolute Gasteiger partial charge is 0.276 e. The molecule has 2 rings (SSSR count). The molecule has 1 unspecified atom stereocenters. The quantitative estimate of drug-likeness (QED) is 0.907. The van der Waals surface area contributed by atoms with E-state index in [0.29, 0.717) is 17.4 Å². The molecule has 0 spiro atoms. The third kappa shape index (κ3) is 2.91. The number of hydrogen-bond donors (Lipinski definition) is 1. The number of likely N-dealkylation sites (tertiary alicyclic amines) is 1. The normalized spacial score (nSPS) is 19.7. The van der Waals surface area contributed by atoms with E-state index < -0.39 is 0 Å². The average Bonchev–Trinajstić information content (AvgIpc) is 2.80. The van der Waals surface area contributed by atoms with Gasteiger partial charge < -0.3 is 10.6 Å². The van der Waals surface area contributed by atoms with Crippen LogP contribution in [0.5, 0.6) is 0 Å². The summed E-state index contributed by atoms with van der Waals surface area (Å²) in [4.78, 5) is 14.6. The molecule has 1 aliphatic rings. The first kappa shape index (κ1) is 13.9. The maximum atomic E-state index is 12.6. The highest BCUT2D eigenvalue weighted by Crippen LogP contribution is 2.24. The first-order valence-electron chi connectivity index (χ1n) is 7.31. The Hall–Kier alpha value is -1.52. The minimum atomic E-state index is 0.00264. The van der Waals surface area contributed by atoms with E-state index in [1.165, 1.54) is 6.42 Å². The van der Waals surface area contributed by atoms with Gasteiger partial charge >= 0.3 is 0 Å². The molecule has 0 aliphatic carbocycles. The van der Waals surface area contributed by atoms with Crippen molar-refractivity contribution in [2.75, 3.05) is 12.3 Å². The Balaban J connectivity index is 2.18. The molecule has 5 heteroatoms. The second kappa shape index (κ2) is 6.08. The lowest BCUT2D eigenvalue weighted by atomic mass is 9.98. The maximum absolute atomic E-state index is 12.6. The van der Waals surface area contributed by atoms with Crippen LogP contribution in [-0.2, 0) is 6.54 Å². The minimum Gasteiger partial charge on any atom is -0.396 e. The molecule has 0 bridgehead atoms. The summed E-state index contributed by atoms with van der Waals surface area (Å²) in [5.41, 5.74) is 6.83. The SMILES string of the molecule is CCCC1CCCCN1C(=O)c1nn(CC)cc1N. The number of carbonyl (C=O) groups excluding carboxylic acids is 1. The number of nitrogen functional groups attached to an aromatic ring is 1. The standard InChI is InChI=1S/C14H24N4O/c1-3-7-11-8-5-6-9-18(11)14(19)13-12(15)10-17(4-2)16-13/h10-11H,3-9,15H2,1-2H3. The van der Waals surface area contributed by atoms with Crippen molar-refractivity contribution in [1.29, 1.82) is 0 Å². The van der Waals surface area contributed by atoms with Crippen LogP contribution in [-0.4, -0.2) is 33.2 Å². The molecule has 5 nitrogen and oxygen atoms in total. The Morgan fingerprint density at radius 1 is 1.47 bits per heavy atom. The molecule has 19 heavy (non-hydrogen) atoms. The molecule has 1 amide bonds. The Bertz CT molecular complexity index is 439. The molecule has 1 aromatic rings. The average molecular weight is 264 g/mol. The summed E-state index contributed by atoms with van der Waals surface area (Å²) < 4.78 is 1.72. The van der Waals surface area contributed by atoms with Gasteiger partial charge in [-0.25, -0.2) is 0 Å². The van der Waals surface area contributed by atoms with Gasteiger partial charge in [-0.05, 0) is 32.6 Å². The van der Waals surface area contributed by atoms with Crippen molar-refractivity contribution in [2.45, 2.75) is 58.5 Å². The first-order chi connectivity index (χ1) is 9.17. The molecule has 0 radical (unpaired) electrons. The van der Waals surface area contributed by atoms with Gasteiger partial charge in [-0.1, -0.05) is 13.3 Å². The minimum absolute atomic E-state index is 0.00264. The zero-order valence-electron chi connectivity index (χ0n) is 11.9. The predicted molar refractivity (Wildman–Crippen MR) is 75.9 cm³/mol. The van der Waals surface area contributed by atoms with Gasteiger partial charge in [0.25, 0.3) is 5.91 Å². The largest absolute Gasteiger partial charge is 0.396 e. The molecule has 0 aromatic carbocycles. The zero-order chi connectivity index (χ0) is 13.8. The fourth-order valence-corrected chi connectivity index (χ4v) is 2.80. The summed E-state index contributed by atoms with van der Waals surface area (Å²) in [7, 11) is 0. The molecule has 1 atom stereocenters. The molecule has 0 saturated carbocycles. The lowest BCUT2D eigenvalue weighted by molar-refractivity contribution is 0.0594. The highest BCUT2D eigenvalue weighted by atomic mass is 16.2.